The molecule has 5 nitrogen and oxygen atoms in total. The molecule has 0 aromatic heterocycles. The third kappa shape index (κ3) is 4.39. The molecule has 1 aromatic rings. The zero-order valence-corrected chi connectivity index (χ0v) is 17.3. The summed E-state index contributed by atoms with van der Waals surface area (Å²) >= 11 is 0. The van der Waals surface area contributed by atoms with Crippen molar-refractivity contribution in [1.29, 1.82) is 0 Å². The van der Waals surface area contributed by atoms with Crippen molar-refractivity contribution in [3.8, 4) is 0 Å². The van der Waals surface area contributed by atoms with E-state index in [1.54, 1.807) is 4.90 Å². The first-order valence-electron chi connectivity index (χ1n) is 8.18. The number of hydrogen-bond acceptors (Lipinski definition) is 3. The van der Waals surface area contributed by atoms with Crippen LogP contribution in [0.1, 0.15) is 37.3 Å². The van der Waals surface area contributed by atoms with E-state index in [1.165, 1.54) is 18.1 Å². The number of cyclic esters (lactones) is 1. The van der Waals surface area contributed by atoms with Crippen LogP contribution >= 0.6 is 0 Å². The molecule has 2 amide bonds. The van der Waals surface area contributed by atoms with E-state index in [-0.39, 0.29) is 44.7 Å². The van der Waals surface area contributed by atoms with Crippen molar-refractivity contribution in [3.05, 3.63) is 48.7 Å². The van der Waals surface area contributed by atoms with Crippen LogP contribution in [0.4, 0.5) is 10.5 Å². The van der Waals surface area contributed by atoms with E-state index >= 15 is 0 Å². The molecule has 1 radical (unpaired) electrons. The number of carbonyl (C=O) groups is 2. The van der Waals surface area contributed by atoms with Crippen molar-refractivity contribution in [1.82, 2.24) is 5.32 Å². The number of anilines is 1. The van der Waals surface area contributed by atoms with Gasteiger partial charge in [-0.05, 0) is 5.69 Å². The largest absolute Gasteiger partial charge is 0.442 e. The molecule has 1 aromatic carbocycles. The number of carbonyl (C=O) groups excluding carboxylic acids is 2. The van der Waals surface area contributed by atoms with E-state index in [0.29, 0.717) is 13.1 Å². The number of amides is 2. The molecule has 2 aliphatic rings. The Hall–Kier alpha value is -1.46. The zero-order valence-electron chi connectivity index (χ0n) is 14.5. The van der Waals surface area contributed by atoms with Gasteiger partial charge in [-0.3, -0.25) is 9.69 Å². The second-order valence-electron chi connectivity index (χ2n) is 6.33. The Morgan fingerprint density at radius 2 is 2.12 bits per heavy atom. The SMILES string of the molecule is [CH2-]C1=C(c2ccc(N3C[C@H](CNC(C)=O)OC3=O)cc2[CH2-])CCC1.[Y]. The first kappa shape index (κ1) is 19.9. The number of benzene rings is 1. The minimum absolute atomic E-state index is 0. The van der Waals surface area contributed by atoms with E-state index < -0.39 is 6.09 Å². The summed E-state index contributed by atoms with van der Waals surface area (Å²) in [7, 11) is 0. The topological polar surface area (TPSA) is 58.6 Å². The van der Waals surface area contributed by atoms with Gasteiger partial charge >= 0.3 is 6.09 Å². The maximum absolute atomic E-state index is 12.1. The summed E-state index contributed by atoms with van der Waals surface area (Å²) in [6.07, 6.45) is 2.48. The summed E-state index contributed by atoms with van der Waals surface area (Å²) in [6, 6.07) is 5.85. The maximum Gasteiger partial charge on any atom is 0.413 e. The molecule has 1 fully saturated rings. The second kappa shape index (κ2) is 8.28. The van der Waals surface area contributed by atoms with Gasteiger partial charge in [0.05, 0.1) is 13.1 Å². The molecule has 1 atom stereocenters. The summed E-state index contributed by atoms with van der Waals surface area (Å²) in [4.78, 5) is 24.7. The first-order chi connectivity index (χ1) is 11.5. The average Bonchev–Trinajstić information content (AvgIpc) is 3.11. The molecular formula is C19H22N2O3Y-2. The van der Waals surface area contributed by atoms with Gasteiger partial charge in [0.2, 0.25) is 5.91 Å². The van der Waals surface area contributed by atoms with Gasteiger partial charge < -0.3 is 10.1 Å². The van der Waals surface area contributed by atoms with Gasteiger partial charge in [0, 0.05) is 39.6 Å². The van der Waals surface area contributed by atoms with E-state index in [2.05, 4.69) is 19.2 Å². The van der Waals surface area contributed by atoms with Crippen LogP contribution < -0.4 is 10.2 Å². The number of rotatable bonds is 4. The molecule has 6 heteroatoms. The molecule has 1 aliphatic heterocycles. The smallest absolute Gasteiger partial charge is 0.413 e. The fourth-order valence-electron chi connectivity index (χ4n) is 3.27. The van der Waals surface area contributed by atoms with Crippen molar-refractivity contribution >= 4 is 23.3 Å². The van der Waals surface area contributed by atoms with Crippen LogP contribution in [0, 0.1) is 13.8 Å². The zero-order chi connectivity index (χ0) is 17.3. The minimum Gasteiger partial charge on any atom is -0.442 e. The van der Waals surface area contributed by atoms with Crippen molar-refractivity contribution < 1.29 is 47.0 Å². The van der Waals surface area contributed by atoms with Crippen LogP contribution in [0.3, 0.4) is 0 Å². The van der Waals surface area contributed by atoms with Gasteiger partial charge in [-0.25, -0.2) is 34.0 Å². The van der Waals surface area contributed by atoms with Crippen LogP contribution in [0.25, 0.3) is 5.57 Å². The number of hydrogen-bond donors (Lipinski definition) is 1. The van der Waals surface area contributed by atoms with Crippen LogP contribution in [-0.4, -0.2) is 31.2 Å². The quantitative estimate of drug-likeness (QED) is 0.769. The predicted octanol–water partition coefficient (Wildman–Crippen LogP) is 3.10. The van der Waals surface area contributed by atoms with Crippen molar-refractivity contribution in [3.63, 3.8) is 0 Å². The molecule has 1 saturated heterocycles. The Kier molecular flexibility index (Phi) is 6.58. The Morgan fingerprint density at radius 1 is 1.36 bits per heavy atom. The van der Waals surface area contributed by atoms with Crippen molar-refractivity contribution in [2.24, 2.45) is 0 Å². The van der Waals surface area contributed by atoms with E-state index in [0.717, 1.165) is 36.1 Å². The Labute approximate surface area is 174 Å². The van der Waals surface area contributed by atoms with Gasteiger partial charge in [-0.2, -0.15) is 6.92 Å². The fourth-order valence-corrected chi connectivity index (χ4v) is 3.27. The Balaban J connectivity index is 0.00000225. The van der Waals surface area contributed by atoms with Gasteiger partial charge in [-0.1, -0.05) is 18.9 Å². The van der Waals surface area contributed by atoms with Crippen molar-refractivity contribution in [2.75, 3.05) is 18.0 Å². The molecule has 25 heavy (non-hydrogen) atoms. The third-order valence-electron chi connectivity index (χ3n) is 4.51. The molecule has 1 heterocycles. The van der Waals surface area contributed by atoms with Gasteiger partial charge in [0.1, 0.15) is 6.10 Å². The summed E-state index contributed by atoms with van der Waals surface area (Å²) in [5.41, 5.74) is 5.23. The van der Waals surface area contributed by atoms with Gasteiger partial charge in [-0.15, -0.1) is 18.6 Å². The fraction of sp³-hybridized carbons (Fsp3) is 0.368. The van der Waals surface area contributed by atoms with Crippen LogP contribution in [0.2, 0.25) is 0 Å². The Bertz CT molecular complexity index is 715. The number of allylic oxidation sites excluding steroid dienone is 2. The van der Waals surface area contributed by atoms with Crippen LogP contribution in [0.5, 0.6) is 0 Å². The first-order valence-corrected chi connectivity index (χ1v) is 8.18. The summed E-state index contributed by atoms with van der Waals surface area (Å²) in [6.45, 7) is 10.4. The predicted molar refractivity (Wildman–Crippen MR) is 93.3 cm³/mol. The average molecular weight is 415 g/mol. The minimum atomic E-state index is -0.393. The van der Waals surface area contributed by atoms with E-state index in [9.17, 15) is 9.59 Å². The number of nitrogens with zero attached hydrogens (tertiary/aromatic N) is 1. The number of nitrogens with one attached hydrogen (secondary N) is 1. The summed E-state index contributed by atoms with van der Waals surface area (Å²) in [5.74, 6) is -0.136. The van der Waals surface area contributed by atoms with E-state index in [1.807, 2.05) is 18.2 Å². The molecule has 0 saturated carbocycles. The molecule has 0 spiro atoms. The van der Waals surface area contributed by atoms with Crippen LogP contribution in [0.15, 0.2) is 23.8 Å². The van der Waals surface area contributed by atoms with Gasteiger partial charge in [0.15, 0.2) is 0 Å². The van der Waals surface area contributed by atoms with Crippen LogP contribution in [-0.2, 0) is 42.2 Å². The normalized spacial score (nSPS) is 19.6. The summed E-state index contributed by atoms with van der Waals surface area (Å²) < 4.78 is 5.30. The molecule has 0 bridgehead atoms. The molecule has 1 aliphatic carbocycles. The standard InChI is InChI=1S/C19H22N2O3.Y/c1-12-5-4-6-17(12)18-8-7-15(9-13(18)2)21-11-16(24-19(21)23)10-20-14(3)22;/h7-9,16H,1-2,4-6,10-11H2,3H3,(H,20,22);/q-2;/t16-;/m0./s1. The van der Waals surface area contributed by atoms with Crippen molar-refractivity contribution in [2.45, 2.75) is 32.3 Å². The third-order valence-corrected chi connectivity index (χ3v) is 4.51. The number of ether oxygens (including phenoxy) is 1. The Morgan fingerprint density at radius 3 is 2.72 bits per heavy atom. The monoisotopic (exact) mass is 415 g/mol. The van der Waals surface area contributed by atoms with Gasteiger partial charge in [0.25, 0.3) is 0 Å². The molecule has 131 valence electrons. The molecule has 3 rings (SSSR count). The summed E-state index contributed by atoms with van der Waals surface area (Å²) in [5, 5.41) is 2.67. The maximum atomic E-state index is 12.1. The molecule has 0 unspecified atom stereocenters. The second-order valence-corrected chi connectivity index (χ2v) is 6.33. The molecular weight excluding hydrogens is 393 g/mol. The van der Waals surface area contributed by atoms with E-state index in [4.69, 9.17) is 4.74 Å². The molecule has 1 N–H and O–H groups in total.